The molecule has 0 spiro atoms. The fourth-order valence-electron chi connectivity index (χ4n) is 2.21. The van der Waals surface area contributed by atoms with Gasteiger partial charge in [-0.2, -0.15) is 0 Å². The molecule has 4 nitrogen and oxygen atoms in total. The first-order valence-electron chi connectivity index (χ1n) is 5.38. The molecule has 0 aromatic carbocycles. The lowest BCUT2D eigenvalue weighted by Gasteiger charge is -2.30. The molecule has 3 N–H and O–H groups in total. The molecule has 0 saturated carbocycles. The number of likely N-dealkylation sites (tertiary alicyclic amines) is 1. The van der Waals surface area contributed by atoms with Crippen LogP contribution in [-0.4, -0.2) is 41.5 Å². The molecule has 0 aromatic heterocycles. The number of hydrogen-bond acceptors (Lipinski definition) is 3. The molecule has 86 valence electrons. The predicted octanol–water partition coefficient (Wildman–Crippen LogP) is 0.262. The highest BCUT2D eigenvalue weighted by Gasteiger charge is 2.35. The average Bonchev–Trinajstić information content (AvgIpc) is 2.66. The van der Waals surface area contributed by atoms with Crippen LogP contribution in [0.5, 0.6) is 0 Å². The van der Waals surface area contributed by atoms with Crippen molar-refractivity contribution in [1.82, 2.24) is 10.2 Å². The molecule has 1 amide bonds. The van der Waals surface area contributed by atoms with Gasteiger partial charge >= 0.3 is 0 Å². The number of likely N-dealkylation sites (N-methyl/N-ethyl adjacent to an activating group) is 1. The second-order valence-electron chi connectivity index (χ2n) is 3.84. The number of rotatable bonds is 4. The fraction of sp³-hybridized carbons (Fsp3) is 0.800. The Morgan fingerprint density at radius 1 is 1.73 bits per heavy atom. The number of carbonyl (C=O) groups is 1. The lowest BCUT2D eigenvalue weighted by atomic mass is 10.1. The summed E-state index contributed by atoms with van der Waals surface area (Å²) in [5.74, 6) is 0.0715. The summed E-state index contributed by atoms with van der Waals surface area (Å²) in [7, 11) is 1.67. The third-order valence-electron chi connectivity index (χ3n) is 2.96. The summed E-state index contributed by atoms with van der Waals surface area (Å²) in [6.07, 6.45) is 2.80. The minimum Gasteiger partial charge on any atom is -0.392 e. The van der Waals surface area contributed by atoms with Crippen molar-refractivity contribution in [3.05, 3.63) is 0 Å². The first kappa shape index (κ1) is 12.4. The van der Waals surface area contributed by atoms with Crippen molar-refractivity contribution < 1.29 is 4.79 Å². The highest BCUT2D eigenvalue weighted by Crippen LogP contribution is 2.21. The van der Waals surface area contributed by atoms with Gasteiger partial charge < -0.3 is 11.1 Å². The number of thiocarbonyl (C=S) groups is 1. The van der Waals surface area contributed by atoms with Crippen molar-refractivity contribution >= 4 is 23.1 Å². The Morgan fingerprint density at radius 3 is 2.87 bits per heavy atom. The van der Waals surface area contributed by atoms with E-state index in [1.807, 2.05) is 6.92 Å². The van der Waals surface area contributed by atoms with Gasteiger partial charge in [0, 0.05) is 7.05 Å². The molecule has 2 atom stereocenters. The molecule has 0 aromatic rings. The van der Waals surface area contributed by atoms with Gasteiger partial charge in [0.2, 0.25) is 5.91 Å². The third kappa shape index (κ3) is 2.66. The number of nitrogens with zero attached hydrogens (tertiary/aromatic N) is 1. The molecule has 15 heavy (non-hydrogen) atoms. The maximum absolute atomic E-state index is 11.6. The van der Waals surface area contributed by atoms with Crippen LogP contribution >= 0.6 is 12.2 Å². The number of nitrogens with two attached hydrogens (primary N) is 1. The number of carbonyl (C=O) groups excluding carboxylic acids is 1. The van der Waals surface area contributed by atoms with Gasteiger partial charge in [-0.05, 0) is 25.8 Å². The summed E-state index contributed by atoms with van der Waals surface area (Å²) in [6, 6.07) is 0.00579. The van der Waals surface area contributed by atoms with Crippen LogP contribution in [0.2, 0.25) is 0 Å². The maximum atomic E-state index is 11.6. The number of nitrogens with one attached hydrogen (secondary N) is 1. The van der Waals surface area contributed by atoms with Gasteiger partial charge in [0.25, 0.3) is 0 Å². The van der Waals surface area contributed by atoms with E-state index in [4.69, 9.17) is 18.0 Å². The van der Waals surface area contributed by atoms with Crippen LogP contribution in [0.4, 0.5) is 0 Å². The summed E-state index contributed by atoms with van der Waals surface area (Å²) in [5, 5.41) is 2.69. The van der Waals surface area contributed by atoms with Crippen molar-refractivity contribution in [2.75, 3.05) is 13.6 Å². The zero-order valence-electron chi connectivity index (χ0n) is 9.32. The van der Waals surface area contributed by atoms with E-state index in [1.54, 1.807) is 7.05 Å². The Hall–Kier alpha value is -0.680. The molecule has 5 heteroatoms. The summed E-state index contributed by atoms with van der Waals surface area (Å²) in [5.41, 5.74) is 5.69. The quantitative estimate of drug-likeness (QED) is 0.679. The van der Waals surface area contributed by atoms with Crippen molar-refractivity contribution in [3.8, 4) is 0 Å². The zero-order chi connectivity index (χ0) is 11.4. The predicted molar refractivity (Wildman–Crippen MR) is 64.7 cm³/mol. The minimum atomic E-state index is -0.0542. The fourth-order valence-corrected chi connectivity index (χ4v) is 2.51. The van der Waals surface area contributed by atoms with Crippen LogP contribution < -0.4 is 11.1 Å². The SMILES string of the molecule is CCC(C(N)=S)N1CCCC1C(=O)NC. The lowest BCUT2D eigenvalue weighted by molar-refractivity contribution is -0.125. The second-order valence-corrected chi connectivity index (χ2v) is 4.31. The van der Waals surface area contributed by atoms with Crippen molar-refractivity contribution in [3.63, 3.8) is 0 Å². The minimum absolute atomic E-state index is 0.0542. The molecule has 1 rings (SSSR count). The van der Waals surface area contributed by atoms with Crippen LogP contribution in [-0.2, 0) is 4.79 Å². The van der Waals surface area contributed by atoms with Gasteiger partial charge in [0.05, 0.1) is 17.1 Å². The molecule has 1 fully saturated rings. The van der Waals surface area contributed by atoms with E-state index in [1.165, 1.54) is 0 Å². The largest absolute Gasteiger partial charge is 0.392 e. The highest BCUT2D eigenvalue weighted by molar-refractivity contribution is 7.80. The van der Waals surface area contributed by atoms with Gasteiger partial charge in [0.15, 0.2) is 0 Å². The van der Waals surface area contributed by atoms with Crippen LogP contribution in [0.15, 0.2) is 0 Å². The summed E-state index contributed by atoms with van der Waals surface area (Å²) < 4.78 is 0. The Bertz CT molecular complexity index is 257. The Balaban J connectivity index is 2.74. The normalized spacial score (nSPS) is 23.7. The van der Waals surface area contributed by atoms with Crippen LogP contribution in [0.25, 0.3) is 0 Å². The Morgan fingerprint density at radius 2 is 2.40 bits per heavy atom. The first-order valence-corrected chi connectivity index (χ1v) is 5.79. The van der Waals surface area contributed by atoms with E-state index in [0.717, 1.165) is 25.8 Å². The van der Waals surface area contributed by atoms with E-state index in [9.17, 15) is 4.79 Å². The molecule has 0 radical (unpaired) electrons. The van der Waals surface area contributed by atoms with Crippen molar-refractivity contribution in [2.45, 2.75) is 38.3 Å². The molecular formula is C10H19N3OS. The Labute approximate surface area is 96.2 Å². The zero-order valence-corrected chi connectivity index (χ0v) is 10.1. The summed E-state index contributed by atoms with van der Waals surface area (Å²) in [4.78, 5) is 14.3. The maximum Gasteiger partial charge on any atom is 0.237 e. The van der Waals surface area contributed by atoms with E-state index in [-0.39, 0.29) is 18.0 Å². The smallest absolute Gasteiger partial charge is 0.237 e. The molecule has 0 bridgehead atoms. The highest BCUT2D eigenvalue weighted by atomic mass is 32.1. The van der Waals surface area contributed by atoms with Crippen LogP contribution in [0, 0.1) is 0 Å². The van der Waals surface area contributed by atoms with Crippen molar-refractivity contribution in [2.24, 2.45) is 5.73 Å². The second kappa shape index (κ2) is 5.42. The molecule has 1 heterocycles. The monoisotopic (exact) mass is 229 g/mol. The van der Waals surface area contributed by atoms with Gasteiger partial charge in [-0.1, -0.05) is 19.1 Å². The molecule has 1 aliphatic rings. The van der Waals surface area contributed by atoms with E-state index in [0.29, 0.717) is 4.99 Å². The Kier molecular flexibility index (Phi) is 4.47. The lowest BCUT2D eigenvalue weighted by Crippen LogP contribution is -2.51. The summed E-state index contributed by atoms with van der Waals surface area (Å²) >= 11 is 5.03. The van der Waals surface area contributed by atoms with Crippen molar-refractivity contribution in [1.29, 1.82) is 0 Å². The van der Waals surface area contributed by atoms with E-state index < -0.39 is 0 Å². The van der Waals surface area contributed by atoms with E-state index in [2.05, 4.69) is 10.2 Å². The van der Waals surface area contributed by atoms with Gasteiger partial charge in [0.1, 0.15) is 0 Å². The van der Waals surface area contributed by atoms with Gasteiger partial charge in [-0.25, -0.2) is 0 Å². The molecule has 2 unspecified atom stereocenters. The molecule has 1 saturated heterocycles. The molecular weight excluding hydrogens is 210 g/mol. The number of amides is 1. The first-order chi connectivity index (χ1) is 7.11. The van der Waals surface area contributed by atoms with Crippen LogP contribution in [0.3, 0.4) is 0 Å². The van der Waals surface area contributed by atoms with E-state index >= 15 is 0 Å². The topological polar surface area (TPSA) is 58.4 Å². The van der Waals surface area contributed by atoms with Gasteiger partial charge in [-0.3, -0.25) is 9.69 Å². The standard InChI is InChI=1S/C10H19N3OS/c1-3-7(9(11)15)13-6-4-5-8(13)10(14)12-2/h7-8H,3-6H2,1-2H3,(H2,11,15)(H,12,14). The molecule has 0 aliphatic carbocycles. The molecule has 1 aliphatic heterocycles. The van der Waals surface area contributed by atoms with Gasteiger partial charge in [-0.15, -0.1) is 0 Å². The number of hydrogen-bond donors (Lipinski definition) is 2. The summed E-state index contributed by atoms with van der Waals surface area (Å²) in [6.45, 7) is 2.96. The third-order valence-corrected chi connectivity index (χ3v) is 3.23. The van der Waals surface area contributed by atoms with Crippen LogP contribution in [0.1, 0.15) is 26.2 Å². The average molecular weight is 229 g/mol.